The molecule has 4 aromatic rings. The molecule has 0 aliphatic heterocycles. The maximum absolute atomic E-state index is 6.70. The molecule has 42 heavy (non-hydrogen) atoms. The van der Waals surface area contributed by atoms with Gasteiger partial charge in [0.25, 0.3) is 0 Å². The first-order valence-corrected chi connectivity index (χ1v) is 17.4. The standard InChI is InChI=1S/C29H40ClN7O4Si/c1-29(2,3)42(7,8)41-20-11-9-18(10-12-20)37-27-21(15-32-37)26(34-28(30)35-27)33-24-16-36(17-31-24)19-13-22(38-4)25(40-6)23(14-19)39-5/h13-18,20H,9-12H2,1-8H3,(H,33,34,35). The number of hydrogen-bond acceptors (Lipinski definition) is 9. The summed E-state index contributed by atoms with van der Waals surface area (Å²) in [5.41, 5.74) is 1.49. The van der Waals surface area contributed by atoms with Crippen molar-refractivity contribution in [3.05, 3.63) is 36.1 Å². The highest BCUT2D eigenvalue weighted by Crippen LogP contribution is 2.41. The van der Waals surface area contributed by atoms with Crippen LogP contribution in [0, 0.1) is 0 Å². The maximum Gasteiger partial charge on any atom is 0.226 e. The van der Waals surface area contributed by atoms with Crippen molar-refractivity contribution in [1.29, 1.82) is 0 Å². The molecule has 11 nitrogen and oxygen atoms in total. The van der Waals surface area contributed by atoms with Crippen molar-refractivity contribution < 1.29 is 18.6 Å². The van der Waals surface area contributed by atoms with E-state index in [-0.39, 0.29) is 16.4 Å². The highest BCUT2D eigenvalue weighted by atomic mass is 35.5. The summed E-state index contributed by atoms with van der Waals surface area (Å²) in [4.78, 5) is 13.5. The van der Waals surface area contributed by atoms with Crippen molar-refractivity contribution in [2.45, 2.75) is 76.7 Å². The number of ether oxygens (including phenoxy) is 3. The van der Waals surface area contributed by atoms with E-state index in [9.17, 15) is 0 Å². The van der Waals surface area contributed by atoms with Gasteiger partial charge in [-0.25, -0.2) is 9.67 Å². The zero-order valence-electron chi connectivity index (χ0n) is 25.6. The first-order chi connectivity index (χ1) is 19.9. The summed E-state index contributed by atoms with van der Waals surface area (Å²) in [6, 6.07) is 3.92. The van der Waals surface area contributed by atoms with Gasteiger partial charge in [0.15, 0.2) is 25.5 Å². The number of rotatable bonds is 9. The molecular formula is C29H40ClN7O4Si. The Bertz CT molecular complexity index is 1530. The minimum atomic E-state index is -1.81. The summed E-state index contributed by atoms with van der Waals surface area (Å²) < 4.78 is 27.0. The third kappa shape index (κ3) is 5.93. The van der Waals surface area contributed by atoms with Crippen LogP contribution >= 0.6 is 11.6 Å². The van der Waals surface area contributed by atoms with Crippen molar-refractivity contribution in [3.63, 3.8) is 0 Å². The quantitative estimate of drug-likeness (QED) is 0.158. The molecule has 0 saturated heterocycles. The van der Waals surface area contributed by atoms with Crippen LogP contribution in [0.1, 0.15) is 52.5 Å². The Hall–Kier alpha value is -3.35. The lowest BCUT2D eigenvalue weighted by Crippen LogP contribution is -2.44. The van der Waals surface area contributed by atoms with Crippen LogP contribution in [0.15, 0.2) is 30.9 Å². The van der Waals surface area contributed by atoms with Crippen molar-refractivity contribution >= 4 is 42.6 Å². The number of nitrogens with one attached hydrogen (secondary N) is 1. The number of benzene rings is 1. The van der Waals surface area contributed by atoms with Crippen LogP contribution in [-0.2, 0) is 4.43 Å². The van der Waals surface area contributed by atoms with Crippen molar-refractivity contribution in [1.82, 2.24) is 29.3 Å². The van der Waals surface area contributed by atoms with Crippen LogP contribution in [0.5, 0.6) is 17.2 Å². The largest absolute Gasteiger partial charge is 0.493 e. The van der Waals surface area contributed by atoms with Crippen LogP contribution in [0.4, 0.5) is 11.6 Å². The summed E-state index contributed by atoms with van der Waals surface area (Å²) in [5.74, 6) is 2.74. The van der Waals surface area contributed by atoms with Crippen molar-refractivity contribution in [3.8, 4) is 22.9 Å². The van der Waals surface area contributed by atoms with Gasteiger partial charge in [-0.15, -0.1) is 0 Å². The van der Waals surface area contributed by atoms with Crippen LogP contribution in [0.25, 0.3) is 16.7 Å². The van der Waals surface area contributed by atoms with Gasteiger partial charge in [-0.1, -0.05) is 20.8 Å². The number of imidazole rings is 1. The van der Waals surface area contributed by atoms with Gasteiger partial charge in [-0.3, -0.25) is 0 Å². The van der Waals surface area contributed by atoms with E-state index in [0.717, 1.165) is 36.8 Å². The number of aromatic nitrogens is 6. The van der Waals surface area contributed by atoms with Crippen LogP contribution in [0.3, 0.4) is 0 Å². The molecule has 3 aromatic heterocycles. The molecule has 1 saturated carbocycles. The van der Waals surface area contributed by atoms with Crippen molar-refractivity contribution in [2.24, 2.45) is 0 Å². The normalized spacial score (nSPS) is 17.8. The molecule has 5 rings (SSSR count). The highest BCUT2D eigenvalue weighted by molar-refractivity contribution is 6.74. The van der Waals surface area contributed by atoms with Gasteiger partial charge in [0.05, 0.1) is 50.8 Å². The smallest absolute Gasteiger partial charge is 0.226 e. The summed E-state index contributed by atoms with van der Waals surface area (Å²) >= 11 is 6.41. The van der Waals surface area contributed by atoms with E-state index in [0.29, 0.717) is 40.6 Å². The average Bonchev–Trinajstić information content (AvgIpc) is 3.59. The fraction of sp³-hybridized carbons (Fsp3) is 0.517. The molecule has 0 atom stereocenters. The average molecular weight is 614 g/mol. The van der Waals surface area contributed by atoms with Gasteiger partial charge in [-0.05, 0) is 55.4 Å². The van der Waals surface area contributed by atoms with E-state index in [4.69, 9.17) is 35.3 Å². The Morgan fingerprint density at radius 1 is 0.976 bits per heavy atom. The number of methoxy groups -OCH3 is 3. The first-order valence-electron chi connectivity index (χ1n) is 14.1. The number of anilines is 2. The number of nitrogens with zero attached hydrogens (tertiary/aromatic N) is 6. The summed E-state index contributed by atoms with van der Waals surface area (Å²) in [6.07, 6.45) is 9.57. The Kier molecular flexibility index (Phi) is 8.41. The molecule has 0 unspecified atom stereocenters. The molecule has 3 heterocycles. The zero-order chi connectivity index (χ0) is 30.2. The molecule has 1 aliphatic carbocycles. The van der Waals surface area contributed by atoms with Gasteiger partial charge in [-0.2, -0.15) is 15.1 Å². The lowest BCUT2D eigenvalue weighted by Gasteiger charge is -2.41. The molecular weight excluding hydrogens is 574 g/mol. The second-order valence-corrected chi connectivity index (χ2v) is 17.2. The van der Waals surface area contributed by atoms with E-state index in [2.05, 4.69) is 54.1 Å². The fourth-order valence-electron chi connectivity index (χ4n) is 5.13. The lowest BCUT2D eigenvalue weighted by atomic mass is 9.93. The molecule has 0 amide bonds. The Balaban J connectivity index is 1.34. The van der Waals surface area contributed by atoms with Crippen LogP contribution in [0.2, 0.25) is 23.4 Å². The number of fused-ring (bicyclic) bond motifs is 1. The molecule has 0 spiro atoms. The Morgan fingerprint density at radius 2 is 1.64 bits per heavy atom. The number of hydrogen-bond donors (Lipinski definition) is 1. The fourth-order valence-corrected chi connectivity index (χ4v) is 6.72. The second kappa shape index (κ2) is 11.7. The second-order valence-electron chi connectivity index (χ2n) is 12.2. The molecule has 0 bridgehead atoms. The molecule has 1 fully saturated rings. The van der Waals surface area contributed by atoms with Gasteiger partial charge in [0, 0.05) is 18.2 Å². The van der Waals surface area contributed by atoms with E-state index >= 15 is 0 Å². The predicted octanol–water partition coefficient (Wildman–Crippen LogP) is 6.94. The topological polar surface area (TPSA) is 110 Å². The Labute approximate surface area is 252 Å². The SMILES string of the molecule is COc1cc(-n2cnc(Nc3nc(Cl)nc4c3cnn4C3CCC(O[Si](C)(C)C(C)(C)C)CC3)c2)cc(OC)c1OC. The van der Waals surface area contributed by atoms with E-state index in [1.807, 2.05) is 27.6 Å². The maximum atomic E-state index is 6.70. The van der Waals surface area contributed by atoms with Gasteiger partial charge >= 0.3 is 0 Å². The summed E-state index contributed by atoms with van der Waals surface area (Å²) in [6.45, 7) is 11.5. The highest BCUT2D eigenvalue weighted by Gasteiger charge is 2.40. The van der Waals surface area contributed by atoms with E-state index in [1.54, 1.807) is 33.9 Å². The minimum absolute atomic E-state index is 0.144. The summed E-state index contributed by atoms with van der Waals surface area (Å²) in [5, 5.41) is 9.15. The van der Waals surface area contributed by atoms with Gasteiger partial charge < -0.3 is 28.5 Å². The summed E-state index contributed by atoms with van der Waals surface area (Å²) in [7, 11) is 2.94. The van der Waals surface area contributed by atoms with Crippen LogP contribution < -0.4 is 19.5 Å². The molecule has 226 valence electrons. The van der Waals surface area contributed by atoms with Crippen LogP contribution in [-0.4, -0.2) is 65.1 Å². The molecule has 1 N–H and O–H groups in total. The third-order valence-corrected chi connectivity index (χ3v) is 13.2. The van der Waals surface area contributed by atoms with E-state index in [1.165, 1.54) is 0 Å². The molecule has 0 radical (unpaired) electrons. The number of halogens is 1. The zero-order valence-corrected chi connectivity index (χ0v) is 27.3. The van der Waals surface area contributed by atoms with Gasteiger partial charge in [0.2, 0.25) is 11.0 Å². The van der Waals surface area contributed by atoms with E-state index < -0.39 is 8.32 Å². The first kappa shape index (κ1) is 30.1. The monoisotopic (exact) mass is 613 g/mol. The molecule has 1 aromatic carbocycles. The van der Waals surface area contributed by atoms with Gasteiger partial charge in [0.1, 0.15) is 18.0 Å². The Morgan fingerprint density at radius 3 is 2.24 bits per heavy atom. The minimum Gasteiger partial charge on any atom is -0.493 e. The predicted molar refractivity (Wildman–Crippen MR) is 166 cm³/mol. The molecule has 1 aliphatic rings. The van der Waals surface area contributed by atoms with Crippen molar-refractivity contribution in [2.75, 3.05) is 26.6 Å². The third-order valence-electron chi connectivity index (χ3n) is 8.46. The molecule has 13 heteroatoms. The lowest BCUT2D eigenvalue weighted by molar-refractivity contribution is 0.116.